The van der Waals surface area contributed by atoms with Crippen LogP contribution in [0.3, 0.4) is 0 Å². The van der Waals surface area contributed by atoms with E-state index in [0.717, 1.165) is 12.6 Å². The minimum Gasteiger partial charge on any atom is -0.310 e. The van der Waals surface area contributed by atoms with Gasteiger partial charge in [0.05, 0.1) is 0 Å². The van der Waals surface area contributed by atoms with Crippen LogP contribution in [0.5, 0.6) is 0 Å². The van der Waals surface area contributed by atoms with E-state index in [4.69, 9.17) is 0 Å². The van der Waals surface area contributed by atoms with E-state index < -0.39 is 0 Å². The third-order valence-corrected chi connectivity index (χ3v) is 5.08. The SMILES string of the molecule is CCC(C)(C)NCC(C)N(C)C1CCSC1. The quantitative estimate of drug-likeness (QED) is 0.773. The fraction of sp³-hybridized carbons (Fsp3) is 1.00. The van der Waals surface area contributed by atoms with E-state index in [2.05, 4.69) is 56.7 Å². The molecular formula is C13H28N2S. The van der Waals surface area contributed by atoms with Gasteiger partial charge < -0.3 is 5.32 Å². The van der Waals surface area contributed by atoms with Gasteiger partial charge in [0.1, 0.15) is 0 Å². The molecule has 96 valence electrons. The van der Waals surface area contributed by atoms with Gasteiger partial charge in [-0.3, -0.25) is 4.90 Å². The van der Waals surface area contributed by atoms with E-state index in [9.17, 15) is 0 Å². The highest BCUT2D eigenvalue weighted by molar-refractivity contribution is 7.99. The average molecular weight is 244 g/mol. The number of hydrogen-bond donors (Lipinski definition) is 1. The molecule has 1 saturated heterocycles. The zero-order chi connectivity index (χ0) is 12.2. The van der Waals surface area contributed by atoms with Crippen molar-refractivity contribution >= 4 is 11.8 Å². The van der Waals surface area contributed by atoms with Crippen molar-refractivity contribution in [3.8, 4) is 0 Å². The molecule has 2 atom stereocenters. The second-order valence-electron chi connectivity index (χ2n) is 5.65. The number of nitrogens with one attached hydrogen (secondary N) is 1. The molecule has 0 aromatic carbocycles. The second kappa shape index (κ2) is 6.27. The Hall–Kier alpha value is 0.270. The van der Waals surface area contributed by atoms with Crippen LogP contribution in [0.4, 0.5) is 0 Å². The van der Waals surface area contributed by atoms with Crippen LogP contribution in [-0.4, -0.2) is 47.6 Å². The molecule has 0 amide bonds. The first-order chi connectivity index (χ1) is 7.46. The van der Waals surface area contributed by atoms with Gasteiger partial charge in [-0.05, 0) is 46.4 Å². The average Bonchev–Trinajstić information content (AvgIpc) is 2.78. The van der Waals surface area contributed by atoms with Gasteiger partial charge in [-0.15, -0.1) is 0 Å². The first-order valence-corrected chi connectivity index (χ1v) is 7.66. The number of thioether (sulfide) groups is 1. The number of rotatable bonds is 6. The molecule has 1 fully saturated rings. The minimum atomic E-state index is 0.277. The first kappa shape index (κ1) is 14.3. The Morgan fingerprint density at radius 2 is 2.19 bits per heavy atom. The maximum absolute atomic E-state index is 3.66. The molecule has 0 saturated carbocycles. The van der Waals surface area contributed by atoms with E-state index in [1.165, 1.54) is 24.3 Å². The van der Waals surface area contributed by atoms with Crippen LogP contribution in [0.1, 0.15) is 40.5 Å². The van der Waals surface area contributed by atoms with Crippen molar-refractivity contribution < 1.29 is 0 Å². The van der Waals surface area contributed by atoms with Crippen molar-refractivity contribution in [3.05, 3.63) is 0 Å². The van der Waals surface area contributed by atoms with Crippen LogP contribution >= 0.6 is 11.8 Å². The number of nitrogens with zero attached hydrogens (tertiary/aromatic N) is 1. The van der Waals surface area contributed by atoms with Crippen LogP contribution in [0.2, 0.25) is 0 Å². The summed E-state index contributed by atoms with van der Waals surface area (Å²) in [6, 6.07) is 1.43. The Morgan fingerprint density at radius 3 is 2.69 bits per heavy atom. The normalized spacial score (nSPS) is 24.0. The summed E-state index contributed by atoms with van der Waals surface area (Å²) in [6.45, 7) is 10.2. The topological polar surface area (TPSA) is 15.3 Å². The zero-order valence-electron chi connectivity index (χ0n) is 11.5. The molecule has 0 aromatic rings. The summed E-state index contributed by atoms with van der Waals surface area (Å²) in [5, 5.41) is 3.66. The van der Waals surface area contributed by atoms with E-state index in [0.29, 0.717) is 6.04 Å². The highest BCUT2D eigenvalue weighted by atomic mass is 32.2. The van der Waals surface area contributed by atoms with Crippen molar-refractivity contribution in [3.63, 3.8) is 0 Å². The summed E-state index contributed by atoms with van der Waals surface area (Å²) >= 11 is 2.09. The molecule has 2 unspecified atom stereocenters. The Morgan fingerprint density at radius 1 is 1.50 bits per heavy atom. The van der Waals surface area contributed by atoms with Gasteiger partial charge in [0.2, 0.25) is 0 Å². The minimum absolute atomic E-state index is 0.277. The van der Waals surface area contributed by atoms with Gasteiger partial charge in [-0.1, -0.05) is 6.92 Å². The second-order valence-corrected chi connectivity index (χ2v) is 6.80. The fourth-order valence-corrected chi connectivity index (χ4v) is 3.18. The fourth-order valence-electron chi connectivity index (χ4n) is 1.90. The lowest BCUT2D eigenvalue weighted by Crippen LogP contribution is -2.49. The summed E-state index contributed by atoms with van der Waals surface area (Å²) in [5.41, 5.74) is 0.277. The molecule has 2 nitrogen and oxygen atoms in total. The summed E-state index contributed by atoms with van der Waals surface area (Å²) < 4.78 is 0. The van der Waals surface area contributed by atoms with E-state index >= 15 is 0 Å². The molecule has 1 N–H and O–H groups in total. The molecule has 1 heterocycles. The largest absolute Gasteiger partial charge is 0.310 e. The molecule has 0 aliphatic carbocycles. The molecule has 0 bridgehead atoms. The third kappa shape index (κ3) is 4.27. The Kier molecular flexibility index (Phi) is 5.62. The van der Waals surface area contributed by atoms with Crippen molar-refractivity contribution in [2.24, 2.45) is 0 Å². The number of likely N-dealkylation sites (N-methyl/N-ethyl adjacent to an activating group) is 1. The predicted octanol–water partition coefficient (Wildman–Crippen LogP) is 2.59. The highest BCUT2D eigenvalue weighted by Gasteiger charge is 2.24. The van der Waals surface area contributed by atoms with Crippen LogP contribution < -0.4 is 5.32 Å². The van der Waals surface area contributed by atoms with Gasteiger partial charge in [0.15, 0.2) is 0 Å². The lowest BCUT2D eigenvalue weighted by Gasteiger charge is -2.33. The maximum atomic E-state index is 3.66. The van der Waals surface area contributed by atoms with Crippen molar-refractivity contribution in [2.45, 2.75) is 58.2 Å². The predicted molar refractivity (Wildman–Crippen MR) is 75.3 cm³/mol. The molecule has 1 rings (SSSR count). The summed E-state index contributed by atoms with van der Waals surface area (Å²) in [7, 11) is 2.28. The Labute approximate surface area is 106 Å². The van der Waals surface area contributed by atoms with Crippen LogP contribution in [0.15, 0.2) is 0 Å². The molecule has 16 heavy (non-hydrogen) atoms. The first-order valence-electron chi connectivity index (χ1n) is 6.51. The van der Waals surface area contributed by atoms with Crippen molar-refractivity contribution in [1.29, 1.82) is 0 Å². The summed E-state index contributed by atoms with van der Waals surface area (Å²) in [5.74, 6) is 2.66. The van der Waals surface area contributed by atoms with Gasteiger partial charge >= 0.3 is 0 Å². The number of hydrogen-bond acceptors (Lipinski definition) is 3. The molecular weight excluding hydrogens is 216 g/mol. The van der Waals surface area contributed by atoms with Crippen LogP contribution in [-0.2, 0) is 0 Å². The summed E-state index contributed by atoms with van der Waals surface area (Å²) in [4.78, 5) is 2.55. The molecule has 1 aliphatic rings. The monoisotopic (exact) mass is 244 g/mol. The standard InChI is InChI=1S/C13H28N2S/c1-6-13(3,4)14-9-11(2)15(5)12-7-8-16-10-12/h11-12,14H,6-10H2,1-5H3. The van der Waals surface area contributed by atoms with Gasteiger partial charge in [0, 0.05) is 29.9 Å². The molecule has 0 radical (unpaired) electrons. The third-order valence-electron chi connectivity index (χ3n) is 3.94. The van der Waals surface area contributed by atoms with E-state index in [1.54, 1.807) is 0 Å². The summed E-state index contributed by atoms with van der Waals surface area (Å²) in [6.07, 6.45) is 2.55. The lowest BCUT2D eigenvalue weighted by atomic mass is 10.0. The smallest absolute Gasteiger partial charge is 0.0194 e. The maximum Gasteiger partial charge on any atom is 0.0194 e. The molecule has 0 spiro atoms. The van der Waals surface area contributed by atoms with Crippen molar-refractivity contribution in [1.82, 2.24) is 10.2 Å². The Balaban J connectivity index is 2.30. The molecule has 1 aliphatic heterocycles. The lowest BCUT2D eigenvalue weighted by molar-refractivity contribution is 0.184. The zero-order valence-corrected chi connectivity index (χ0v) is 12.4. The molecule has 0 aromatic heterocycles. The molecule has 3 heteroatoms. The van der Waals surface area contributed by atoms with Gasteiger partial charge in [-0.25, -0.2) is 0 Å². The highest BCUT2D eigenvalue weighted by Crippen LogP contribution is 2.22. The van der Waals surface area contributed by atoms with Crippen LogP contribution in [0.25, 0.3) is 0 Å². The van der Waals surface area contributed by atoms with Gasteiger partial charge in [0.25, 0.3) is 0 Å². The van der Waals surface area contributed by atoms with E-state index in [-0.39, 0.29) is 5.54 Å². The van der Waals surface area contributed by atoms with E-state index in [1.807, 2.05) is 0 Å². The van der Waals surface area contributed by atoms with Crippen molar-refractivity contribution in [2.75, 3.05) is 25.1 Å². The van der Waals surface area contributed by atoms with Crippen LogP contribution in [0, 0.1) is 0 Å². The Bertz CT molecular complexity index is 200. The van der Waals surface area contributed by atoms with Gasteiger partial charge in [-0.2, -0.15) is 11.8 Å².